The van der Waals surface area contributed by atoms with Crippen LogP contribution in [0.25, 0.3) is 22.4 Å². The van der Waals surface area contributed by atoms with Gasteiger partial charge in [0.05, 0.1) is 28.7 Å². The molecule has 3 aromatic rings. The van der Waals surface area contributed by atoms with E-state index in [9.17, 15) is 22.4 Å². The van der Waals surface area contributed by atoms with E-state index in [4.69, 9.17) is 9.15 Å². The van der Waals surface area contributed by atoms with Gasteiger partial charge in [0.25, 0.3) is 5.91 Å². The van der Waals surface area contributed by atoms with Gasteiger partial charge in [-0.3, -0.25) is 9.59 Å². The number of rotatable bonds is 13. The summed E-state index contributed by atoms with van der Waals surface area (Å²) in [7, 11) is -2.28. The van der Waals surface area contributed by atoms with Gasteiger partial charge in [-0.1, -0.05) is 20.8 Å². The number of carbonyl (C=O) groups excluding carboxylic acids is 2. The molecule has 11 heteroatoms. The third kappa shape index (κ3) is 7.66. The lowest BCUT2D eigenvalue weighted by molar-refractivity contribution is -0.155. The first kappa shape index (κ1) is 31.2. The lowest BCUT2D eigenvalue weighted by atomic mass is 9.88. The normalized spacial score (nSPS) is 12.2. The first-order chi connectivity index (χ1) is 18.8. The summed E-state index contributed by atoms with van der Waals surface area (Å²) in [4.78, 5) is 29.6. The molecule has 0 unspecified atom stereocenters. The number of halogens is 1. The summed E-state index contributed by atoms with van der Waals surface area (Å²) >= 11 is 0. The van der Waals surface area contributed by atoms with E-state index >= 15 is 0 Å². The number of aryl methyl sites for hydroxylation is 1. The zero-order valence-electron chi connectivity index (χ0n) is 23.9. The predicted molar refractivity (Wildman–Crippen MR) is 152 cm³/mol. The van der Waals surface area contributed by atoms with Gasteiger partial charge in [-0.25, -0.2) is 22.5 Å². The molecule has 0 fully saturated rings. The number of nitrogens with one attached hydrogen (secondary N) is 2. The molecule has 2 N–H and O–H groups in total. The summed E-state index contributed by atoms with van der Waals surface area (Å²) in [6, 6.07) is 7.25. The number of benzene rings is 1. The first-order valence-electron chi connectivity index (χ1n) is 13.4. The van der Waals surface area contributed by atoms with Crippen molar-refractivity contribution in [3.63, 3.8) is 0 Å². The van der Waals surface area contributed by atoms with Crippen molar-refractivity contribution in [2.24, 2.45) is 11.3 Å². The van der Waals surface area contributed by atoms with Crippen LogP contribution in [0.3, 0.4) is 0 Å². The predicted octanol–water partition coefficient (Wildman–Crippen LogP) is 4.98. The van der Waals surface area contributed by atoms with Gasteiger partial charge < -0.3 is 14.5 Å². The third-order valence-corrected chi connectivity index (χ3v) is 7.82. The van der Waals surface area contributed by atoms with Crippen LogP contribution in [0.2, 0.25) is 0 Å². The van der Waals surface area contributed by atoms with Gasteiger partial charge in [0.2, 0.25) is 15.7 Å². The zero-order valence-corrected chi connectivity index (χ0v) is 24.7. The summed E-state index contributed by atoms with van der Waals surface area (Å²) in [5.74, 6) is -1.06. The van der Waals surface area contributed by atoms with E-state index in [1.807, 2.05) is 20.8 Å². The lowest BCUT2D eigenvalue weighted by Gasteiger charge is -2.23. The number of amides is 1. The highest BCUT2D eigenvalue weighted by Crippen LogP contribution is 2.34. The highest BCUT2D eigenvalue weighted by Gasteiger charge is 2.29. The van der Waals surface area contributed by atoms with Crippen LogP contribution in [0.1, 0.15) is 69.1 Å². The van der Waals surface area contributed by atoms with Crippen molar-refractivity contribution in [1.29, 1.82) is 0 Å². The Balaban J connectivity index is 1.79. The van der Waals surface area contributed by atoms with Gasteiger partial charge in [-0.2, -0.15) is 0 Å². The Hall–Kier alpha value is -3.31. The van der Waals surface area contributed by atoms with Crippen molar-refractivity contribution in [3.05, 3.63) is 53.0 Å². The minimum Gasteiger partial charge on any atom is -0.465 e. The van der Waals surface area contributed by atoms with E-state index in [0.29, 0.717) is 48.1 Å². The quantitative estimate of drug-likeness (QED) is 0.217. The van der Waals surface area contributed by atoms with Crippen LogP contribution in [0.5, 0.6) is 0 Å². The van der Waals surface area contributed by atoms with Crippen LogP contribution in [0.15, 0.2) is 34.7 Å². The van der Waals surface area contributed by atoms with Gasteiger partial charge in [0, 0.05) is 19.2 Å². The fourth-order valence-electron chi connectivity index (χ4n) is 4.22. The van der Waals surface area contributed by atoms with Crippen molar-refractivity contribution in [2.45, 2.75) is 59.6 Å². The average molecular weight is 576 g/mol. The highest BCUT2D eigenvalue weighted by molar-refractivity contribution is 7.88. The van der Waals surface area contributed by atoms with Gasteiger partial charge >= 0.3 is 5.97 Å². The fourth-order valence-corrected chi connectivity index (χ4v) is 5.38. The van der Waals surface area contributed by atoms with Crippen LogP contribution in [0.4, 0.5) is 4.39 Å². The standard InChI is InChI=1S/C29H38FN3O6S/c1-7-19-15-22-24(26(34)31-6)25(20-9-11-21(30)12-10-20)39-27(22)33-23(19)17-40(36,37)32-14-8-13-29(4,5)28(35)38-16-18(2)3/h9-12,15,18,32H,7-8,13-14,16-17H2,1-6H3,(H,31,34). The van der Waals surface area contributed by atoms with Crippen molar-refractivity contribution in [3.8, 4) is 11.3 Å². The minimum absolute atomic E-state index is 0.113. The number of nitrogens with zero attached hydrogens (tertiary/aromatic N) is 1. The van der Waals surface area contributed by atoms with Crippen molar-refractivity contribution >= 4 is 33.0 Å². The Kier molecular flexibility index (Phi) is 10.1. The maximum Gasteiger partial charge on any atom is 0.311 e. The molecule has 1 amide bonds. The molecule has 2 heterocycles. The van der Waals surface area contributed by atoms with Crippen LogP contribution in [-0.2, 0) is 31.7 Å². The zero-order chi connectivity index (χ0) is 29.7. The molecule has 1 aromatic carbocycles. The Morgan fingerprint density at radius 2 is 1.85 bits per heavy atom. The molecule has 218 valence electrons. The van der Waals surface area contributed by atoms with E-state index in [1.165, 1.54) is 31.3 Å². The van der Waals surface area contributed by atoms with Gasteiger partial charge in [-0.05, 0) is 74.9 Å². The van der Waals surface area contributed by atoms with Crippen molar-refractivity contribution < 1.29 is 31.6 Å². The molecular weight excluding hydrogens is 537 g/mol. The van der Waals surface area contributed by atoms with E-state index in [1.54, 1.807) is 19.9 Å². The number of pyridine rings is 1. The van der Waals surface area contributed by atoms with E-state index in [0.717, 1.165) is 0 Å². The molecule has 0 aliphatic carbocycles. The second-order valence-corrected chi connectivity index (χ2v) is 12.6. The molecule has 0 bridgehead atoms. The SMILES string of the molecule is CCc1cc2c(C(=O)NC)c(-c3ccc(F)cc3)oc2nc1CS(=O)(=O)NCCCC(C)(C)C(=O)OCC(C)C. The van der Waals surface area contributed by atoms with Crippen LogP contribution < -0.4 is 10.0 Å². The number of hydrogen-bond donors (Lipinski definition) is 2. The molecular formula is C29H38FN3O6S. The lowest BCUT2D eigenvalue weighted by Crippen LogP contribution is -2.31. The number of carbonyl (C=O) groups is 2. The molecule has 0 aliphatic heterocycles. The summed E-state index contributed by atoms with van der Waals surface area (Å²) < 4.78 is 53.3. The molecule has 40 heavy (non-hydrogen) atoms. The maximum atomic E-state index is 13.5. The molecule has 0 saturated heterocycles. The topological polar surface area (TPSA) is 128 Å². The largest absolute Gasteiger partial charge is 0.465 e. The minimum atomic E-state index is -3.77. The van der Waals surface area contributed by atoms with Crippen molar-refractivity contribution in [2.75, 3.05) is 20.2 Å². The summed E-state index contributed by atoms with van der Waals surface area (Å²) in [6.45, 7) is 9.86. The highest BCUT2D eigenvalue weighted by atomic mass is 32.2. The van der Waals surface area contributed by atoms with E-state index in [2.05, 4.69) is 15.0 Å². The molecule has 3 rings (SSSR count). The molecule has 0 atom stereocenters. The summed E-state index contributed by atoms with van der Waals surface area (Å²) in [5, 5.41) is 3.03. The van der Waals surface area contributed by atoms with Gasteiger partial charge in [0.15, 0.2) is 0 Å². The third-order valence-electron chi connectivity index (χ3n) is 6.52. The number of sulfonamides is 1. The number of fused-ring (bicyclic) bond motifs is 1. The van der Waals surface area contributed by atoms with Crippen LogP contribution in [-0.4, -0.2) is 45.5 Å². The van der Waals surface area contributed by atoms with Crippen molar-refractivity contribution in [1.82, 2.24) is 15.0 Å². The Labute approximate surface area is 234 Å². The number of hydrogen-bond acceptors (Lipinski definition) is 7. The number of furan rings is 1. The Morgan fingerprint density at radius 1 is 1.18 bits per heavy atom. The second-order valence-electron chi connectivity index (χ2n) is 10.8. The Bertz CT molecular complexity index is 1460. The molecule has 0 radical (unpaired) electrons. The smallest absolute Gasteiger partial charge is 0.311 e. The second kappa shape index (κ2) is 12.9. The van der Waals surface area contributed by atoms with Crippen LogP contribution in [0, 0.1) is 17.2 Å². The van der Waals surface area contributed by atoms with Crippen LogP contribution >= 0.6 is 0 Å². The number of aromatic nitrogens is 1. The summed E-state index contributed by atoms with van der Waals surface area (Å²) in [5.41, 5.74) is 1.08. The number of ether oxygens (including phenoxy) is 1. The summed E-state index contributed by atoms with van der Waals surface area (Å²) in [6.07, 6.45) is 1.38. The molecule has 0 aliphatic rings. The van der Waals surface area contributed by atoms with E-state index < -0.39 is 27.2 Å². The average Bonchev–Trinajstić information content (AvgIpc) is 3.27. The molecule has 0 spiro atoms. The molecule has 0 saturated carbocycles. The Morgan fingerprint density at radius 3 is 2.45 bits per heavy atom. The number of esters is 1. The first-order valence-corrected chi connectivity index (χ1v) is 15.0. The van der Waals surface area contributed by atoms with E-state index in [-0.39, 0.29) is 41.2 Å². The fraction of sp³-hybridized carbons (Fsp3) is 0.483. The molecule has 2 aromatic heterocycles. The van der Waals surface area contributed by atoms with Gasteiger partial charge in [0.1, 0.15) is 17.3 Å². The van der Waals surface area contributed by atoms with Gasteiger partial charge in [-0.15, -0.1) is 0 Å². The maximum absolute atomic E-state index is 13.5. The monoisotopic (exact) mass is 575 g/mol. The molecule has 9 nitrogen and oxygen atoms in total.